The Kier molecular flexibility index (Phi) is 5.00. The fourth-order valence-electron chi connectivity index (χ4n) is 1.88. The van der Waals surface area contributed by atoms with Gasteiger partial charge in [0.15, 0.2) is 0 Å². The predicted molar refractivity (Wildman–Crippen MR) is 82.8 cm³/mol. The molecule has 0 heterocycles. The van der Waals surface area contributed by atoms with Crippen molar-refractivity contribution in [2.75, 3.05) is 7.05 Å². The summed E-state index contributed by atoms with van der Waals surface area (Å²) in [5.41, 5.74) is 2.46. The van der Waals surface area contributed by atoms with Crippen molar-refractivity contribution < 1.29 is 4.74 Å². The molecule has 0 saturated carbocycles. The highest BCUT2D eigenvalue weighted by molar-refractivity contribution is 9.10. The normalized spacial score (nSPS) is 10.5. The molecule has 100 valence electrons. The summed E-state index contributed by atoms with van der Waals surface area (Å²) in [5, 5.41) is 3.15. The fourth-order valence-corrected chi connectivity index (χ4v) is 2.22. The van der Waals surface area contributed by atoms with Crippen molar-refractivity contribution in [3.63, 3.8) is 0 Å². The van der Waals surface area contributed by atoms with Crippen LogP contribution < -0.4 is 10.1 Å². The van der Waals surface area contributed by atoms with Crippen molar-refractivity contribution >= 4 is 15.9 Å². The second-order valence-corrected chi connectivity index (χ2v) is 5.30. The second-order valence-electron chi connectivity index (χ2n) is 4.38. The van der Waals surface area contributed by atoms with Crippen LogP contribution in [0, 0.1) is 0 Å². The third-order valence-corrected chi connectivity index (χ3v) is 3.45. The third-order valence-electron chi connectivity index (χ3n) is 2.96. The molecule has 3 heteroatoms. The first-order valence-electron chi connectivity index (χ1n) is 6.42. The first-order valence-corrected chi connectivity index (χ1v) is 7.22. The van der Waals surface area contributed by atoms with Crippen molar-refractivity contribution in [1.29, 1.82) is 0 Å². The van der Waals surface area contributed by atoms with Crippen molar-refractivity contribution in [2.24, 2.45) is 0 Å². The molecule has 2 nitrogen and oxygen atoms in total. The molecule has 0 atom stereocenters. The Bertz CT molecular complexity index is 537. The zero-order valence-electron chi connectivity index (χ0n) is 11.2. The van der Waals surface area contributed by atoms with E-state index in [1.54, 1.807) is 0 Å². The Morgan fingerprint density at radius 3 is 2.47 bits per heavy atom. The lowest BCUT2D eigenvalue weighted by Gasteiger charge is -2.12. The van der Waals surface area contributed by atoms with Crippen LogP contribution in [0.5, 0.6) is 11.5 Å². The summed E-state index contributed by atoms with van der Waals surface area (Å²) in [4.78, 5) is 0. The molecule has 1 N–H and O–H groups in total. The van der Waals surface area contributed by atoms with E-state index in [9.17, 15) is 0 Å². The Hall–Kier alpha value is -1.32. The molecule has 0 aliphatic heterocycles. The summed E-state index contributed by atoms with van der Waals surface area (Å²) in [6.45, 7) is 2.94. The summed E-state index contributed by atoms with van der Waals surface area (Å²) in [6.07, 6.45) is 1.04. The molecule has 0 radical (unpaired) electrons. The van der Waals surface area contributed by atoms with E-state index in [0.29, 0.717) is 0 Å². The second kappa shape index (κ2) is 6.73. The lowest BCUT2D eigenvalue weighted by molar-refractivity contribution is 0.474. The largest absolute Gasteiger partial charge is 0.457 e. The summed E-state index contributed by atoms with van der Waals surface area (Å²) in [7, 11) is 1.93. The van der Waals surface area contributed by atoms with Gasteiger partial charge in [0.2, 0.25) is 0 Å². The average molecular weight is 320 g/mol. The van der Waals surface area contributed by atoms with E-state index in [1.165, 1.54) is 5.56 Å². The smallest absolute Gasteiger partial charge is 0.133 e. The van der Waals surface area contributed by atoms with E-state index in [4.69, 9.17) is 4.74 Å². The van der Waals surface area contributed by atoms with Crippen molar-refractivity contribution in [2.45, 2.75) is 19.9 Å². The molecule has 0 saturated heterocycles. The highest BCUT2D eigenvalue weighted by atomic mass is 79.9. The van der Waals surface area contributed by atoms with Gasteiger partial charge in [-0.05, 0) is 43.3 Å². The molecule has 19 heavy (non-hydrogen) atoms. The Morgan fingerprint density at radius 2 is 1.84 bits per heavy atom. The fraction of sp³-hybridized carbons (Fsp3) is 0.250. The van der Waals surface area contributed by atoms with Crippen LogP contribution >= 0.6 is 15.9 Å². The van der Waals surface area contributed by atoms with Crippen molar-refractivity contribution in [3.05, 3.63) is 58.1 Å². The zero-order valence-corrected chi connectivity index (χ0v) is 12.8. The van der Waals surface area contributed by atoms with Gasteiger partial charge in [-0.15, -0.1) is 0 Å². The van der Waals surface area contributed by atoms with Gasteiger partial charge in [0.1, 0.15) is 11.5 Å². The van der Waals surface area contributed by atoms with E-state index >= 15 is 0 Å². The number of rotatable bonds is 5. The molecule has 0 aliphatic rings. The molecular weight excluding hydrogens is 302 g/mol. The van der Waals surface area contributed by atoms with E-state index in [-0.39, 0.29) is 0 Å². The molecule has 0 aromatic heterocycles. The number of hydrogen-bond donors (Lipinski definition) is 1. The molecule has 0 unspecified atom stereocenters. The van der Waals surface area contributed by atoms with E-state index in [0.717, 1.165) is 34.5 Å². The van der Waals surface area contributed by atoms with Crippen LogP contribution in [0.25, 0.3) is 0 Å². The number of nitrogens with one attached hydrogen (secondary N) is 1. The van der Waals surface area contributed by atoms with Gasteiger partial charge in [-0.2, -0.15) is 0 Å². The third kappa shape index (κ3) is 3.82. The van der Waals surface area contributed by atoms with Crippen LogP contribution in [-0.2, 0) is 13.0 Å². The van der Waals surface area contributed by atoms with Gasteiger partial charge in [-0.1, -0.05) is 41.1 Å². The summed E-state index contributed by atoms with van der Waals surface area (Å²) < 4.78 is 6.99. The molecule has 0 bridgehead atoms. The van der Waals surface area contributed by atoms with Crippen molar-refractivity contribution in [1.82, 2.24) is 5.32 Å². The van der Waals surface area contributed by atoms with Crippen LogP contribution in [0.4, 0.5) is 0 Å². The summed E-state index contributed by atoms with van der Waals surface area (Å²) >= 11 is 3.48. The Morgan fingerprint density at radius 1 is 1.11 bits per heavy atom. The van der Waals surface area contributed by atoms with Crippen molar-refractivity contribution in [3.8, 4) is 11.5 Å². The summed E-state index contributed by atoms with van der Waals surface area (Å²) in [6, 6.07) is 14.3. The molecule has 2 rings (SSSR count). The van der Waals surface area contributed by atoms with Crippen LogP contribution in [0.3, 0.4) is 0 Å². The molecule has 0 amide bonds. The summed E-state index contributed by atoms with van der Waals surface area (Å²) in [5.74, 6) is 1.75. The minimum atomic E-state index is 0.787. The van der Waals surface area contributed by atoms with Crippen LogP contribution in [0.1, 0.15) is 18.1 Å². The maximum atomic E-state index is 5.97. The number of benzene rings is 2. The quantitative estimate of drug-likeness (QED) is 0.874. The van der Waals surface area contributed by atoms with E-state index < -0.39 is 0 Å². The van der Waals surface area contributed by atoms with Gasteiger partial charge < -0.3 is 10.1 Å². The van der Waals surface area contributed by atoms with E-state index in [2.05, 4.69) is 46.4 Å². The first kappa shape index (κ1) is 14.1. The standard InChI is InChI=1S/C16H18BrNO/c1-3-12-4-8-15(9-5-12)19-16-10-14(17)7-6-13(16)11-18-2/h4-10,18H,3,11H2,1-2H3. The van der Waals surface area contributed by atoms with Gasteiger partial charge in [0, 0.05) is 16.6 Å². The van der Waals surface area contributed by atoms with E-state index in [1.807, 2.05) is 31.3 Å². The SMILES string of the molecule is CCc1ccc(Oc2cc(Br)ccc2CNC)cc1. The number of halogens is 1. The maximum Gasteiger partial charge on any atom is 0.133 e. The molecule has 2 aromatic rings. The molecular formula is C16H18BrNO. The maximum absolute atomic E-state index is 5.97. The molecule has 0 aliphatic carbocycles. The van der Waals surface area contributed by atoms with Gasteiger partial charge in [-0.3, -0.25) is 0 Å². The molecule has 0 fully saturated rings. The minimum absolute atomic E-state index is 0.787. The molecule has 0 spiro atoms. The van der Waals surface area contributed by atoms with Gasteiger partial charge in [0.25, 0.3) is 0 Å². The topological polar surface area (TPSA) is 21.3 Å². The highest BCUT2D eigenvalue weighted by Gasteiger charge is 2.05. The monoisotopic (exact) mass is 319 g/mol. The molecule has 2 aromatic carbocycles. The van der Waals surface area contributed by atoms with Gasteiger partial charge in [-0.25, -0.2) is 0 Å². The average Bonchev–Trinajstić information content (AvgIpc) is 2.43. The zero-order chi connectivity index (χ0) is 13.7. The number of ether oxygens (including phenoxy) is 1. The van der Waals surface area contributed by atoms with Crippen LogP contribution in [0.2, 0.25) is 0 Å². The van der Waals surface area contributed by atoms with Gasteiger partial charge >= 0.3 is 0 Å². The Balaban J connectivity index is 2.23. The first-order chi connectivity index (χ1) is 9.22. The highest BCUT2D eigenvalue weighted by Crippen LogP contribution is 2.28. The number of aryl methyl sites for hydroxylation is 1. The lowest BCUT2D eigenvalue weighted by atomic mass is 10.1. The lowest BCUT2D eigenvalue weighted by Crippen LogP contribution is -2.06. The predicted octanol–water partition coefficient (Wildman–Crippen LogP) is 4.52. The van der Waals surface area contributed by atoms with Gasteiger partial charge in [0.05, 0.1) is 0 Å². The van der Waals surface area contributed by atoms with Crippen LogP contribution in [0.15, 0.2) is 46.9 Å². The van der Waals surface area contributed by atoms with Crippen LogP contribution in [-0.4, -0.2) is 7.05 Å². The number of hydrogen-bond acceptors (Lipinski definition) is 2. The minimum Gasteiger partial charge on any atom is -0.457 e. The Labute approximate surface area is 122 Å².